The van der Waals surface area contributed by atoms with Crippen LogP contribution in [0, 0.1) is 12.3 Å². The highest BCUT2D eigenvalue weighted by atomic mass is 32.2. The van der Waals surface area contributed by atoms with E-state index in [1.54, 1.807) is 19.1 Å². The fourth-order valence-corrected chi connectivity index (χ4v) is 5.05. The van der Waals surface area contributed by atoms with Crippen molar-refractivity contribution in [2.24, 2.45) is 5.41 Å². The second-order valence-electron chi connectivity index (χ2n) is 8.23. The zero-order chi connectivity index (χ0) is 20.2. The molecular weight excluding hydrogens is 366 g/mol. The minimum atomic E-state index is -3.64. The number of hydrogen-bond acceptors (Lipinski definition) is 4. The van der Waals surface area contributed by atoms with Gasteiger partial charge in [0, 0.05) is 30.6 Å². The van der Waals surface area contributed by atoms with Crippen molar-refractivity contribution in [3.05, 3.63) is 29.3 Å². The lowest BCUT2D eigenvalue weighted by atomic mass is 9.93. The molecule has 1 heterocycles. The Balaban J connectivity index is 2.17. The molecule has 0 unspecified atom stereocenters. The number of carbonyl (C=O) groups excluding carboxylic acids is 1. The Morgan fingerprint density at radius 1 is 1.26 bits per heavy atom. The maximum Gasteiger partial charge on any atom is 0.251 e. The number of ether oxygens (including phenoxy) is 1. The van der Waals surface area contributed by atoms with Crippen LogP contribution in [0.25, 0.3) is 0 Å². The molecule has 8 heteroatoms. The molecule has 0 spiro atoms. The van der Waals surface area contributed by atoms with E-state index in [9.17, 15) is 13.2 Å². The van der Waals surface area contributed by atoms with E-state index in [2.05, 4.69) is 33.3 Å². The van der Waals surface area contributed by atoms with Crippen molar-refractivity contribution in [3.63, 3.8) is 0 Å². The van der Waals surface area contributed by atoms with Crippen LogP contribution >= 0.6 is 0 Å². The Morgan fingerprint density at radius 2 is 1.89 bits per heavy atom. The van der Waals surface area contributed by atoms with Gasteiger partial charge in [0.15, 0.2) is 0 Å². The fraction of sp³-hybridized carbons (Fsp3) is 0.632. The van der Waals surface area contributed by atoms with Crippen LogP contribution < -0.4 is 10.2 Å². The highest BCUT2D eigenvalue weighted by Crippen LogP contribution is 2.22. The molecule has 1 aromatic rings. The van der Waals surface area contributed by atoms with Crippen molar-refractivity contribution in [3.8, 4) is 0 Å². The van der Waals surface area contributed by atoms with Gasteiger partial charge in [-0.3, -0.25) is 4.79 Å². The Hall–Kier alpha value is -1.48. The molecule has 1 amide bonds. The molecule has 0 aromatic heterocycles. The number of nitrogens with zero attached hydrogens (tertiary/aromatic N) is 1. The van der Waals surface area contributed by atoms with Gasteiger partial charge in [0.1, 0.15) is 0 Å². The van der Waals surface area contributed by atoms with Gasteiger partial charge in [0.2, 0.25) is 10.0 Å². The highest BCUT2D eigenvalue weighted by Gasteiger charge is 2.29. The molecule has 0 radical (unpaired) electrons. The molecule has 1 aliphatic heterocycles. The molecule has 1 saturated heterocycles. The molecule has 0 saturated carbocycles. The van der Waals surface area contributed by atoms with Crippen molar-refractivity contribution >= 4 is 15.9 Å². The van der Waals surface area contributed by atoms with E-state index in [1.165, 1.54) is 15.3 Å². The van der Waals surface area contributed by atoms with Crippen molar-refractivity contribution in [2.45, 2.75) is 25.7 Å². The Bertz CT molecular complexity index is 769. The predicted octanol–water partition coefficient (Wildman–Crippen LogP) is -0.0836. The lowest BCUT2D eigenvalue weighted by Crippen LogP contribution is -3.07. The molecule has 1 aliphatic rings. The first-order valence-corrected chi connectivity index (χ1v) is 10.7. The maximum atomic E-state index is 13.0. The number of rotatable bonds is 7. The van der Waals surface area contributed by atoms with Gasteiger partial charge >= 0.3 is 0 Å². The number of aryl methyl sites for hydroxylation is 1. The molecule has 7 nitrogen and oxygen atoms in total. The summed E-state index contributed by atoms with van der Waals surface area (Å²) in [6.45, 7) is 8.83. The van der Waals surface area contributed by atoms with Crippen molar-refractivity contribution in [1.82, 2.24) is 9.62 Å². The molecule has 27 heavy (non-hydrogen) atoms. The van der Waals surface area contributed by atoms with Crippen LogP contribution in [0.15, 0.2) is 23.1 Å². The first-order chi connectivity index (χ1) is 12.5. The Morgan fingerprint density at radius 3 is 2.48 bits per heavy atom. The standard InChI is InChI=1S/C19H31N3O4S/c1-15-6-7-16(18(23)20-13-19(2,3)14-21(4)5)12-17(15)27(24,25)22-8-10-26-11-9-22/h6-7,12H,8-11,13-14H2,1-5H3,(H,20,23)/p+1. The first-order valence-electron chi connectivity index (χ1n) is 9.29. The highest BCUT2D eigenvalue weighted by molar-refractivity contribution is 7.89. The van der Waals surface area contributed by atoms with Crippen LogP contribution in [0.2, 0.25) is 0 Å². The lowest BCUT2D eigenvalue weighted by molar-refractivity contribution is -0.865. The van der Waals surface area contributed by atoms with Crippen LogP contribution in [0.5, 0.6) is 0 Å². The summed E-state index contributed by atoms with van der Waals surface area (Å²) >= 11 is 0. The van der Waals surface area contributed by atoms with Crippen LogP contribution in [0.4, 0.5) is 0 Å². The minimum absolute atomic E-state index is 0.0537. The van der Waals surface area contributed by atoms with Gasteiger partial charge in [0.05, 0.1) is 38.7 Å². The second-order valence-corrected chi connectivity index (χ2v) is 10.1. The second kappa shape index (κ2) is 8.68. The molecule has 0 aliphatic carbocycles. The normalized spacial score (nSPS) is 16.5. The Labute approximate surface area is 162 Å². The smallest absolute Gasteiger partial charge is 0.251 e. The quantitative estimate of drug-likeness (QED) is 0.673. The van der Waals surface area contributed by atoms with E-state index in [1.807, 2.05) is 0 Å². The zero-order valence-electron chi connectivity index (χ0n) is 17.0. The van der Waals surface area contributed by atoms with E-state index in [0.29, 0.717) is 44.0 Å². The third-order valence-corrected chi connectivity index (χ3v) is 6.64. The number of amides is 1. The summed E-state index contributed by atoms with van der Waals surface area (Å²) in [7, 11) is 0.513. The lowest BCUT2D eigenvalue weighted by Gasteiger charge is -2.27. The number of hydrogen-bond donors (Lipinski definition) is 2. The van der Waals surface area contributed by atoms with Gasteiger partial charge < -0.3 is 15.0 Å². The fourth-order valence-electron chi connectivity index (χ4n) is 3.39. The molecule has 2 rings (SSSR count). The number of quaternary nitrogens is 1. The molecule has 0 bridgehead atoms. The maximum absolute atomic E-state index is 13.0. The number of benzene rings is 1. The van der Waals surface area contributed by atoms with Gasteiger partial charge in [-0.2, -0.15) is 4.31 Å². The zero-order valence-corrected chi connectivity index (χ0v) is 17.8. The molecule has 1 fully saturated rings. The van der Waals surface area contributed by atoms with Gasteiger partial charge in [-0.25, -0.2) is 8.42 Å². The average molecular weight is 399 g/mol. The monoisotopic (exact) mass is 398 g/mol. The van der Waals surface area contributed by atoms with E-state index in [-0.39, 0.29) is 16.2 Å². The number of morpholine rings is 1. The summed E-state index contributed by atoms with van der Waals surface area (Å²) in [4.78, 5) is 14.1. The Kier molecular flexibility index (Phi) is 7.02. The predicted molar refractivity (Wildman–Crippen MR) is 105 cm³/mol. The largest absolute Gasteiger partial charge is 0.379 e. The van der Waals surface area contributed by atoms with E-state index in [0.717, 1.165) is 6.54 Å². The summed E-state index contributed by atoms with van der Waals surface area (Å²) in [6.07, 6.45) is 0. The first kappa shape index (κ1) is 21.8. The van der Waals surface area contributed by atoms with Gasteiger partial charge in [-0.1, -0.05) is 19.9 Å². The molecular formula is C19H32N3O4S+. The van der Waals surface area contributed by atoms with E-state index in [4.69, 9.17) is 4.74 Å². The van der Waals surface area contributed by atoms with Crippen LogP contribution in [-0.2, 0) is 14.8 Å². The summed E-state index contributed by atoms with van der Waals surface area (Å²) in [5.74, 6) is -0.254. The summed E-state index contributed by atoms with van der Waals surface area (Å²) in [5, 5.41) is 2.94. The molecule has 2 N–H and O–H groups in total. The van der Waals surface area contributed by atoms with Gasteiger partial charge in [-0.05, 0) is 24.6 Å². The third kappa shape index (κ3) is 5.75. The molecule has 152 valence electrons. The van der Waals surface area contributed by atoms with Crippen molar-refractivity contribution in [2.75, 3.05) is 53.5 Å². The number of nitrogens with one attached hydrogen (secondary N) is 2. The minimum Gasteiger partial charge on any atom is -0.379 e. The SMILES string of the molecule is Cc1ccc(C(=O)NCC(C)(C)C[NH+](C)C)cc1S(=O)(=O)N1CCOCC1. The van der Waals surface area contributed by atoms with Crippen LogP contribution in [0.1, 0.15) is 29.8 Å². The molecule has 1 aromatic carbocycles. The molecule has 0 atom stereocenters. The summed E-state index contributed by atoms with van der Waals surface area (Å²) in [6, 6.07) is 4.85. The van der Waals surface area contributed by atoms with Crippen LogP contribution in [0.3, 0.4) is 0 Å². The van der Waals surface area contributed by atoms with Gasteiger partial charge in [-0.15, -0.1) is 0 Å². The van der Waals surface area contributed by atoms with Crippen molar-refractivity contribution < 1.29 is 22.8 Å². The van der Waals surface area contributed by atoms with Crippen LogP contribution in [-0.4, -0.2) is 72.1 Å². The van der Waals surface area contributed by atoms with Crippen molar-refractivity contribution in [1.29, 1.82) is 0 Å². The third-order valence-electron chi connectivity index (χ3n) is 4.60. The summed E-state index contributed by atoms with van der Waals surface area (Å²) < 4.78 is 32.6. The summed E-state index contributed by atoms with van der Waals surface area (Å²) in [5.41, 5.74) is 0.942. The van der Waals surface area contributed by atoms with E-state index < -0.39 is 10.0 Å². The van der Waals surface area contributed by atoms with Gasteiger partial charge in [0.25, 0.3) is 5.91 Å². The van der Waals surface area contributed by atoms with E-state index >= 15 is 0 Å². The number of carbonyl (C=O) groups is 1. The number of sulfonamides is 1. The average Bonchev–Trinajstić information content (AvgIpc) is 2.59. The topological polar surface area (TPSA) is 80.2 Å².